The summed E-state index contributed by atoms with van der Waals surface area (Å²) in [6.45, 7) is 0. The van der Waals surface area contributed by atoms with Crippen LogP contribution in [0.4, 0.5) is 0 Å². The van der Waals surface area contributed by atoms with Crippen molar-refractivity contribution in [3.8, 4) is 0 Å². The summed E-state index contributed by atoms with van der Waals surface area (Å²) in [6.07, 6.45) is 9.63. The van der Waals surface area contributed by atoms with Gasteiger partial charge in [-0.2, -0.15) is 0 Å². The molecule has 2 aromatic carbocycles. The van der Waals surface area contributed by atoms with Gasteiger partial charge >= 0.3 is 0 Å². The lowest BCUT2D eigenvalue weighted by Gasteiger charge is -2.06. The minimum absolute atomic E-state index is 0.772. The molecule has 3 rings (SSSR count). The molecule has 0 bridgehead atoms. The molecule has 1 aliphatic rings. The first-order chi connectivity index (χ1) is 9.81. The van der Waals surface area contributed by atoms with Gasteiger partial charge in [-0.15, -0.1) is 0 Å². The number of hydrogen-bond donors (Lipinski definition) is 0. The first kappa shape index (κ1) is 13.0. The molecule has 0 amide bonds. The van der Waals surface area contributed by atoms with E-state index >= 15 is 0 Å². The maximum absolute atomic E-state index is 5.92. The Morgan fingerprint density at radius 1 is 0.900 bits per heavy atom. The zero-order valence-electron chi connectivity index (χ0n) is 11.1. The van der Waals surface area contributed by atoms with E-state index in [2.05, 4.69) is 54.6 Å². The summed E-state index contributed by atoms with van der Waals surface area (Å²) in [5, 5.41) is 0.772. The summed E-state index contributed by atoms with van der Waals surface area (Å²) < 4.78 is 0. The van der Waals surface area contributed by atoms with Gasteiger partial charge in [0.15, 0.2) is 0 Å². The summed E-state index contributed by atoms with van der Waals surface area (Å²) in [6, 6.07) is 18.5. The van der Waals surface area contributed by atoms with E-state index in [9.17, 15) is 0 Å². The molecule has 0 spiro atoms. The summed E-state index contributed by atoms with van der Waals surface area (Å²) in [5.74, 6) is 0. The Hall–Kier alpha value is -2.05. The Bertz CT molecular complexity index is 673. The molecule has 0 radical (unpaired) electrons. The maximum atomic E-state index is 5.92. The highest BCUT2D eigenvalue weighted by atomic mass is 35.5. The molecule has 1 heteroatoms. The molecule has 2 aromatic rings. The SMILES string of the molecule is Clc1ccc(C=C2C=CC=C2Cc2ccccc2)cc1. The predicted molar refractivity (Wildman–Crippen MR) is 86.8 cm³/mol. The van der Waals surface area contributed by atoms with Crippen molar-refractivity contribution in [3.05, 3.63) is 100 Å². The molecule has 0 atom stereocenters. The highest BCUT2D eigenvalue weighted by Gasteiger charge is 2.07. The van der Waals surface area contributed by atoms with Crippen molar-refractivity contribution in [2.75, 3.05) is 0 Å². The first-order valence-electron chi connectivity index (χ1n) is 6.70. The summed E-state index contributed by atoms with van der Waals surface area (Å²) in [7, 11) is 0. The molecule has 0 aliphatic heterocycles. The van der Waals surface area contributed by atoms with Gasteiger partial charge in [0.25, 0.3) is 0 Å². The van der Waals surface area contributed by atoms with E-state index in [1.165, 1.54) is 22.3 Å². The topological polar surface area (TPSA) is 0 Å². The Balaban J connectivity index is 1.81. The molecule has 0 saturated carbocycles. The van der Waals surface area contributed by atoms with E-state index in [1.807, 2.05) is 24.3 Å². The summed E-state index contributed by atoms with van der Waals surface area (Å²) >= 11 is 5.92. The average molecular weight is 279 g/mol. The lowest BCUT2D eigenvalue weighted by Crippen LogP contribution is -1.90. The van der Waals surface area contributed by atoms with Crippen LogP contribution in [-0.4, -0.2) is 0 Å². The Morgan fingerprint density at radius 2 is 1.65 bits per heavy atom. The number of rotatable bonds is 3. The highest BCUT2D eigenvalue weighted by Crippen LogP contribution is 2.25. The fourth-order valence-electron chi connectivity index (χ4n) is 2.33. The molecule has 0 heterocycles. The van der Waals surface area contributed by atoms with Crippen LogP contribution in [0.25, 0.3) is 6.08 Å². The minimum Gasteiger partial charge on any atom is -0.0843 e. The molecular weight excluding hydrogens is 264 g/mol. The highest BCUT2D eigenvalue weighted by molar-refractivity contribution is 6.30. The molecule has 98 valence electrons. The summed E-state index contributed by atoms with van der Waals surface area (Å²) in [4.78, 5) is 0. The molecule has 0 aromatic heterocycles. The third-order valence-electron chi connectivity index (χ3n) is 3.37. The van der Waals surface area contributed by atoms with Crippen molar-refractivity contribution >= 4 is 17.7 Å². The largest absolute Gasteiger partial charge is 0.0843 e. The van der Waals surface area contributed by atoms with Crippen LogP contribution in [0.15, 0.2) is 84.0 Å². The van der Waals surface area contributed by atoms with Gasteiger partial charge in [-0.3, -0.25) is 0 Å². The Labute approximate surface area is 124 Å². The van der Waals surface area contributed by atoms with E-state index in [0.29, 0.717) is 0 Å². The van der Waals surface area contributed by atoms with E-state index in [0.717, 1.165) is 11.4 Å². The lowest BCUT2D eigenvalue weighted by molar-refractivity contribution is 1.19. The van der Waals surface area contributed by atoms with Gasteiger partial charge in [0, 0.05) is 5.02 Å². The van der Waals surface area contributed by atoms with Gasteiger partial charge in [-0.25, -0.2) is 0 Å². The van der Waals surface area contributed by atoms with Gasteiger partial charge in [0.2, 0.25) is 0 Å². The van der Waals surface area contributed by atoms with Crippen LogP contribution in [0.5, 0.6) is 0 Å². The smallest absolute Gasteiger partial charge is 0.0406 e. The van der Waals surface area contributed by atoms with E-state index < -0.39 is 0 Å². The first-order valence-corrected chi connectivity index (χ1v) is 7.08. The van der Waals surface area contributed by atoms with Crippen LogP contribution in [0, 0.1) is 0 Å². The summed E-state index contributed by atoms with van der Waals surface area (Å²) in [5.41, 5.74) is 5.14. The Morgan fingerprint density at radius 3 is 2.40 bits per heavy atom. The van der Waals surface area contributed by atoms with Gasteiger partial charge in [-0.05, 0) is 46.9 Å². The fraction of sp³-hybridized carbons (Fsp3) is 0.0526. The molecule has 0 nitrogen and oxygen atoms in total. The number of halogens is 1. The second kappa shape index (κ2) is 5.94. The minimum atomic E-state index is 0.772. The van der Waals surface area contributed by atoms with E-state index in [4.69, 9.17) is 11.6 Å². The predicted octanol–water partition coefficient (Wildman–Crippen LogP) is 5.46. The fourth-order valence-corrected chi connectivity index (χ4v) is 2.45. The quantitative estimate of drug-likeness (QED) is 0.699. The van der Waals surface area contributed by atoms with E-state index in [1.54, 1.807) is 0 Å². The molecule has 1 aliphatic carbocycles. The van der Waals surface area contributed by atoms with Crippen molar-refractivity contribution in [2.45, 2.75) is 6.42 Å². The number of allylic oxidation sites excluding steroid dienone is 5. The maximum Gasteiger partial charge on any atom is 0.0406 e. The van der Waals surface area contributed by atoms with Crippen LogP contribution in [-0.2, 0) is 6.42 Å². The zero-order chi connectivity index (χ0) is 13.8. The molecule has 0 N–H and O–H groups in total. The number of benzene rings is 2. The van der Waals surface area contributed by atoms with Gasteiger partial charge in [0.1, 0.15) is 0 Å². The normalized spacial score (nSPS) is 15.7. The van der Waals surface area contributed by atoms with Gasteiger partial charge in [-0.1, -0.05) is 72.3 Å². The average Bonchev–Trinajstić information content (AvgIpc) is 2.90. The zero-order valence-corrected chi connectivity index (χ0v) is 11.8. The molecule has 0 saturated heterocycles. The third-order valence-corrected chi connectivity index (χ3v) is 3.63. The van der Waals surface area contributed by atoms with Crippen LogP contribution in [0.2, 0.25) is 5.02 Å². The van der Waals surface area contributed by atoms with Crippen molar-refractivity contribution in [3.63, 3.8) is 0 Å². The number of hydrogen-bond acceptors (Lipinski definition) is 0. The van der Waals surface area contributed by atoms with Crippen molar-refractivity contribution in [1.29, 1.82) is 0 Å². The lowest BCUT2D eigenvalue weighted by atomic mass is 9.99. The van der Waals surface area contributed by atoms with Crippen molar-refractivity contribution < 1.29 is 0 Å². The van der Waals surface area contributed by atoms with Crippen LogP contribution in [0.3, 0.4) is 0 Å². The van der Waals surface area contributed by atoms with Gasteiger partial charge < -0.3 is 0 Å². The second-order valence-electron chi connectivity index (χ2n) is 4.86. The van der Waals surface area contributed by atoms with Crippen LogP contribution < -0.4 is 0 Å². The molecule has 0 unspecified atom stereocenters. The van der Waals surface area contributed by atoms with Crippen molar-refractivity contribution in [1.82, 2.24) is 0 Å². The second-order valence-corrected chi connectivity index (χ2v) is 5.30. The molecule has 20 heavy (non-hydrogen) atoms. The van der Waals surface area contributed by atoms with E-state index in [-0.39, 0.29) is 0 Å². The molecular formula is C19H15Cl. The van der Waals surface area contributed by atoms with Gasteiger partial charge in [0.05, 0.1) is 0 Å². The molecule has 0 fully saturated rings. The van der Waals surface area contributed by atoms with Crippen LogP contribution in [0.1, 0.15) is 11.1 Å². The standard InChI is InChI=1S/C19H15Cl/c20-19-11-9-16(10-12-19)14-18-8-4-7-17(18)13-15-5-2-1-3-6-15/h1-12,14H,13H2. The monoisotopic (exact) mass is 278 g/mol. The van der Waals surface area contributed by atoms with Crippen LogP contribution >= 0.6 is 11.6 Å². The van der Waals surface area contributed by atoms with Crippen molar-refractivity contribution in [2.24, 2.45) is 0 Å². The third kappa shape index (κ3) is 3.09. The Kier molecular flexibility index (Phi) is 3.85.